The van der Waals surface area contributed by atoms with E-state index in [0.29, 0.717) is 0 Å². The Balaban J connectivity index is 2.63. The van der Waals surface area contributed by atoms with Gasteiger partial charge in [-0.05, 0) is 12.1 Å². The lowest BCUT2D eigenvalue weighted by molar-refractivity contribution is 0.217. The first-order chi connectivity index (χ1) is 9.38. The van der Waals surface area contributed by atoms with Gasteiger partial charge in [-0.25, -0.2) is 22.9 Å². The molecule has 1 aromatic heterocycles. The molecule has 108 valence electrons. The minimum Gasteiger partial charge on any atom is -0.337 e. The largest absolute Gasteiger partial charge is 0.337 e. The second-order valence-corrected chi connectivity index (χ2v) is 5.72. The Bertz CT molecular complexity index is 621. The van der Waals surface area contributed by atoms with E-state index < -0.39 is 10.0 Å². The number of nitriles is 1. The summed E-state index contributed by atoms with van der Waals surface area (Å²) in [6.07, 6.45) is 1.34. The molecule has 0 aliphatic heterocycles. The monoisotopic (exact) mass is 297 g/mol. The van der Waals surface area contributed by atoms with Crippen LogP contribution < -0.4 is 10.0 Å². The van der Waals surface area contributed by atoms with Crippen LogP contribution in [0.1, 0.15) is 5.69 Å². The van der Waals surface area contributed by atoms with E-state index in [9.17, 15) is 13.2 Å². The molecular weight excluding hydrogens is 282 g/mol. The third-order valence-corrected chi connectivity index (χ3v) is 3.76. The molecule has 1 heterocycles. The van der Waals surface area contributed by atoms with Crippen molar-refractivity contribution in [1.29, 1.82) is 5.26 Å². The molecule has 0 saturated heterocycles. The second kappa shape index (κ2) is 6.83. The van der Waals surface area contributed by atoms with E-state index in [1.165, 1.54) is 23.2 Å². The fraction of sp³-hybridized carbons (Fsp3) is 0.364. The van der Waals surface area contributed by atoms with Crippen LogP contribution >= 0.6 is 0 Å². The van der Waals surface area contributed by atoms with Gasteiger partial charge in [0.2, 0.25) is 10.0 Å². The molecule has 8 nitrogen and oxygen atoms in total. The van der Waals surface area contributed by atoms with Crippen LogP contribution in [0.2, 0.25) is 0 Å². The zero-order valence-electron chi connectivity index (χ0n) is 11.1. The Kier molecular flexibility index (Phi) is 5.42. The third-order valence-electron chi connectivity index (χ3n) is 2.27. The van der Waals surface area contributed by atoms with Crippen molar-refractivity contribution in [3.63, 3.8) is 0 Å². The van der Waals surface area contributed by atoms with Crippen molar-refractivity contribution < 1.29 is 13.2 Å². The fourth-order valence-corrected chi connectivity index (χ4v) is 2.42. The van der Waals surface area contributed by atoms with E-state index in [2.05, 4.69) is 15.0 Å². The number of carbonyl (C=O) groups excluding carboxylic acids is 1. The third kappa shape index (κ3) is 4.18. The first-order valence-electron chi connectivity index (χ1n) is 5.68. The molecule has 0 saturated carbocycles. The predicted molar refractivity (Wildman–Crippen MR) is 71.2 cm³/mol. The van der Waals surface area contributed by atoms with Crippen LogP contribution in [0, 0.1) is 11.3 Å². The highest BCUT2D eigenvalue weighted by atomic mass is 32.2. The number of rotatable bonds is 5. The maximum Gasteiger partial charge on any atom is 0.316 e. The van der Waals surface area contributed by atoms with Crippen molar-refractivity contribution in [2.75, 3.05) is 27.2 Å². The summed E-state index contributed by atoms with van der Waals surface area (Å²) in [6.45, 7) is 0.153. The maximum atomic E-state index is 12.0. The molecule has 0 aromatic carbocycles. The number of hydrogen-bond acceptors (Lipinski definition) is 5. The summed E-state index contributed by atoms with van der Waals surface area (Å²) < 4.78 is 26.2. The topological polar surface area (TPSA) is 115 Å². The van der Waals surface area contributed by atoms with Crippen molar-refractivity contribution >= 4 is 16.1 Å². The average Bonchev–Trinajstić information content (AvgIpc) is 2.43. The quantitative estimate of drug-likeness (QED) is 0.711. The fourth-order valence-electron chi connectivity index (χ4n) is 1.28. The van der Waals surface area contributed by atoms with Gasteiger partial charge < -0.3 is 10.2 Å². The van der Waals surface area contributed by atoms with Gasteiger partial charge in [0.25, 0.3) is 0 Å². The number of amides is 2. The van der Waals surface area contributed by atoms with Crippen LogP contribution in [-0.2, 0) is 10.0 Å². The summed E-state index contributed by atoms with van der Waals surface area (Å²) >= 11 is 0. The Labute approximate surface area is 117 Å². The number of carbonyl (C=O) groups is 1. The van der Waals surface area contributed by atoms with Crippen LogP contribution in [0.4, 0.5) is 4.79 Å². The van der Waals surface area contributed by atoms with Crippen molar-refractivity contribution in [3.8, 4) is 6.07 Å². The van der Waals surface area contributed by atoms with Gasteiger partial charge in [-0.15, -0.1) is 0 Å². The molecule has 0 radical (unpaired) electrons. The van der Waals surface area contributed by atoms with E-state index in [-0.39, 0.29) is 29.7 Å². The Hall–Kier alpha value is -2.18. The number of nitrogens with zero attached hydrogens (tertiary/aromatic N) is 3. The number of pyridine rings is 1. The van der Waals surface area contributed by atoms with Gasteiger partial charge >= 0.3 is 6.03 Å². The van der Waals surface area contributed by atoms with E-state index in [4.69, 9.17) is 5.26 Å². The van der Waals surface area contributed by atoms with Crippen molar-refractivity contribution in [2.24, 2.45) is 0 Å². The molecule has 0 aliphatic carbocycles. The van der Waals surface area contributed by atoms with Gasteiger partial charge in [0.1, 0.15) is 11.0 Å². The Morgan fingerprint density at radius 3 is 2.75 bits per heavy atom. The maximum absolute atomic E-state index is 12.0. The molecule has 0 bridgehead atoms. The first-order valence-corrected chi connectivity index (χ1v) is 7.16. The summed E-state index contributed by atoms with van der Waals surface area (Å²) in [4.78, 5) is 16.1. The molecule has 0 unspecified atom stereocenters. The van der Waals surface area contributed by atoms with Gasteiger partial charge in [-0.3, -0.25) is 0 Å². The normalized spacial score (nSPS) is 10.7. The smallest absolute Gasteiger partial charge is 0.316 e. The summed E-state index contributed by atoms with van der Waals surface area (Å²) in [5, 5.41) is 11.3. The van der Waals surface area contributed by atoms with Gasteiger partial charge in [0.05, 0.1) is 0 Å². The number of hydrogen-bond donors (Lipinski definition) is 2. The highest BCUT2D eigenvalue weighted by Gasteiger charge is 2.18. The van der Waals surface area contributed by atoms with Gasteiger partial charge in [-0.2, -0.15) is 5.26 Å². The molecule has 0 aliphatic rings. The number of sulfonamides is 1. The standard InChI is InChI=1S/C11H15N5O3S/c1-16(2)11(17)14-6-7-15-20(18,19)10-4-3-5-13-9(10)8-12/h3-5,15H,6-7H2,1-2H3,(H,14,17). The predicted octanol–water partition coefficient (Wildman–Crippen LogP) is -0.497. The number of aromatic nitrogens is 1. The van der Waals surface area contributed by atoms with Crippen LogP contribution in [0.5, 0.6) is 0 Å². The molecular formula is C11H15N5O3S. The van der Waals surface area contributed by atoms with Crippen molar-refractivity contribution in [3.05, 3.63) is 24.0 Å². The van der Waals surface area contributed by atoms with Gasteiger partial charge in [-0.1, -0.05) is 0 Å². The summed E-state index contributed by atoms with van der Waals surface area (Å²) in [7, 11) is -0.666. The molecule has 1 aromatic rings. The van der Waals surface area contributed by atoms with Gasteiger partial charge in [0.15, 0.2) is 5.69 Å². The van der Waals surface area contributed by atoms with Crippen LogP contribution in [0.3, 0.4) is 0 Å². The minimum absolute atomic E-state index is 0.0156. The van der Waals surface area contributed by atoms with Crippen LogP contribution in [0.15, 0.2) is 23.2 Å². The van der Waals surface area contributed by atoms with E-state index in [1.54, 1.807) is 20.2 Å². The molecule has 20 heavy (non-hydrogen) atoms. The summed E-state index contributed by atoms with van der Waals surface area (Å²) in [5.74, 6) is 0. The minimum atomic E-state index is -3.82. The average molecular weight is 297 g/mol. The molecule has 2 amide bonds. The number of nitrogens with one attached hydrogen (secondary N) is 2. The lowest BCUT2D eigenvalue weighted by Gasteiger charge is -2.12. The zero-order valence-corrected chi connectivity index (χ0v) is 11.9. The highest BCUT2D eigenvalue weighted by Crippen LogP contribution is 2.10. The van der Waals surface area contributed by atoms with E-state index >= 15 is 0 Å². The highest BCUT2D eigenvalue weighted by molar-refractivity contribution is 7.89. The second-order valence-electron chi connectivity index (χ2n) is 3.99. The summed E-state index contributed by atoms with van der Waals surface area (Å²) in [5.41, 5.74) is -0.169. The Morgan fingerprint density at radius 1 is 1.45 bits per heavy atom. The molecule has 1 rings (SSSR count). The summed E-state index contributed by atoms with van der Waals surface area (Å²) in [6, 6.07) is 4.13. The van der Waals surface area contributed by atoms with Crippen molar-refractivity contribution in [2.45, 2.75) is 4.90 Å². The zero-order chi connectivity index (χ0) is 15.2. The molecule has 9 heteroatoms. The SMILES string of the molecule is CN(C)C(=O)NCCNS(=O)(=O)c1cccnc1C#N. The lowest BCUT2D eigenvalue weighted by Crippen LogP contribution is -2.39. The van der Waals surface area contributed by atoms with Crippen molar-refractivity contribution in [1.82, 2.24) is 19.9 Å². The Morgan fingerprint density at radius 2 is 2.15 bits per heavy atom. The molecule has 0 fully saturated rings. The van der Waals surface area contributed by atoms with E-state index in [1.807, 2.05) is 0 Å². The molecule has 0 atom stereocenters. The van der Waals surface area contributed by atoms with Crippen LogP contribution in [0.25, 0.3) is 0 Å². The molecule has 2 N–H and O–H groups in total. The first kappa shape index (κ1) is 15.9. The van der Waals surface area contributed by atoms with Gasteiger partial charge in [0, 0.05) is 33.4 Å². The van der Waals surface area contributed by atoms with E-state index in [0.717, 1.165) is 0 Å². The lowest BCUT2D eigenvalue weighted by atomic mass is 10.4. The van der Waals surface area contributed by atoms with Crippen LogP contribution in [-0.4, -0.2) is 51.5 Å². The number of urea groups is 1. The molecule has 0 spiro atoms.